The monoisotopic (exact) mass is 971 g/mol. The second kappa shape index (κ2) is 18.8. The standard InChI is InChI=1S/C49H78O19/c1-23(52)64-27-20-63-41(37(58)34(27)55)67-31-11-12-45(4)29(46(31,5)22-51)10-13-48(7)30(45)9-8-24-25-18-44(2,3)14-16-49(25,17-15-47(24,48)6)43(61)68-42-39(60)36(57)33(54)28(66-42)21-62-40-38(59)35(56)32(53)26(19-50)65-40/h8,25-42,50-51,53-60H,9-22H2,1-7H3/t25-,26+,27+,28-,29+,30+,31-,32+,33-,34+,35-,36+,37+,38-,39-,40+,41-,42+,45-,46-,47-,48-,49+/m0/s1. The molecule has 0 amide bonds. The van der Waals surface area contributed by atoms with Gasteiger partial charge in [0.1, 0.15) is 61.0 Å². The lowest BCUT2D eigenvalue weighted by Crippen LogP contribution is -2.67. The van der Waals surface area contributed by atoms with Crippen molar-refractivity contribution < 1.29 is 93.8 Å². The van der Waals surface area contributed by atoms with Crippen LogP contribution in [-0.4, -0.2) is 182 Å². The number of esters is 2. The molecule has 3 heterocycles. The predicted molar refractivity (Wildman–Crippen MR) is 235 cm³/mol. The van der Waals surface area contributed by atoms with Crippen LogP contribution in [0.3, 0.4) is 0 Å². The molecule has 0 bridgehead atoms. The highest BCUT2D eigenvalue weighted by molar-refractivity contribution is 5.79. The van der Waals surface area contributed by atoms with Crippen LogP contribution in [0.15, 0.2) is 11.6 Å². The van der Waals surface area contributed by atoms with E-state index in [1.807, 2.05) is 6.92 Å². The molecular weight excluding hydrogens is 893 g/mol. The third kappa shape index (κ3) is 8.41. The number of carbonyl (C=O) groups excluding carboxylic acids is 2. The van der Waals surface area contributed by atoms with E-state index in [1.54, 1.807) is 0 Å². The van der Waals surface area contributed by atoms with Crippen LogP contribution in [-0.2, 0) is 42.7 Å². The number of hydrogen-bond acceptors (Lipinski definition) is 19. The van der Waals surface area contributed by atoms with Gasteiger partial charge >= 0.3 is 11.9 Å². The van der Waals surface area contributed by atoms with Crippen molar-refractivity contribution in [3.05, 3.63) is 11.6 Å². The Balaban J connectivity index is 1.01. The van der Waals surface area contributed by atoms with Gasteiger partial charge in [0.2, 0.25) is 6.29 Å². The molecule has 23 atom stereocenters. The molecule has 3 saturated heterocycles. The Morgan fingerprint density at radius 3 is 1.99 bits per heavy atom. The molecule has 0 aromatic carbocycles. The zero-order valence-corrected chi connectivity index (χ0v) is 40.5. The fraction of sp³-hybridized carbons (Fsp3) is 0.918. The van der Waals surface area contributed by atoms with Crippen LogP contribution in [0, 0.1) is 50.2 Å². The predicted octanol–water partition coefficient (Wildman–Crippen LogP) is 0.323. The summed E-state index contributed by atoms with van der Waals surface area (Å²) in [7, 11) is 0. The lowest BCUT2D eigenvalue weighted by atomic mass is 9.33. The van der Waals surface area contributed by atoms with Crippen molar-refractivity contribution in [1.29, 1.82) is 0 Å². The fourth-order valence-corrected chi connectivity index (χ4v) is 15.0. The molecule has 0 spiro atoms. The summed E-state index contributed by atoms with van der Waals surface area (Å²) in [5.41, 5.74) is -1.35. The maximum Gasteiger partial charge on any atom is 0.315 e. The summed E-state index contributed by atoms with van der Waals surface area (Å²) in [5.74, 6) is -1.15. The van der Waals surface area contributed by atoms with Crippen LogP contribution in [0.25, 0.3) is 0 Å². The lowest BCUT2D eigenvalue weighted by molar-refractivity contribution is -0.328. The molecule has 68 heavy (non-hydrogen) atoms. The summed E-state index contributed by atoms with van der Waals surface area (Å²) >= 11 is 0. The SMILES string of the molecule is CC(=O)O[C@@H]1CO[C@@H](O[C@H]2CC[C@@]3(C)[C@@H](CC[C@@]4(C)[C@@H]3CC=C3[C@@H]5CC(C)(C)CC[C@@]5(C(=O)O[C@H]5O[C@@H](CO[C@@H]6O[C@H](CO)[C@@H](O)[C@H](O)[C@@H]6O)[C@H](O)[C@@H](O)[C@@H]5O)CC[C@@]34C)[C@]2(C)CO)[C@H](O)[C@@H]1O. The van der Waals surface area contributed by atoms with Crippen LogP contribution in [0.5, 0.6) is 0 Å². The van der Waals surface area contributed by atoms with E-state index in [2.05, 4.69) is 40.7 Å². The van der Waals surface area contributed by atoms with Gasteiger partial charge in [-0.1, -0.05) is 53.2 Å². The first kappa shape index (κ1) is 52.4. The fourth-order valence-electron chi connectivity index (χ4n) is 15.0. The van der Waals surface area contributed by atoms with Crippen LogP contribution in [0.1, 0.15) is 113 Å². The second-order valence-electron chi connectivity index (χ2n) is 23.5. The highest BCUT2D eigenvalue weighted by Gasteiger charge is 2.70. The molecule has 0 aromatic rings. The first-order valence-electron chi connectivity index (χ1n) is 24.8. The molecule has 8 aliphatic rings. The van der Waals surface area contributed by atoms with Gasteiger partial charge in [-0.05, 0) is 104 Å². The van der Waals surface area contributed by atoms with E-state index in [0.717, 1.165) is 32.1 Å². The van der Waals surface area contributed by atoms with Crippen molar-refractivity contribution in [3.63, 3.8) is 0 Å². The van der Waals surface area contributed by atoms with Gasteiger partial charge in [0.15, 0.2) is 18.7 Å². The summed E-state index contributed by atoms with van der Waals surface area (Å²) in [6, 6.07) is 0. The van der Waals surface area contributed by atoms with Gasteiger partial charge in [0, 0.05) is 12.3 Å². The van der Waals surface area contributed by atoms with Gasteiger partial charge in [-0.3, -0.25) is 9.59 Å². The number of rotatable bonds is 10. The van der Waals surface area contributed by atoms with E-state index in [0.29, 0.717) is 32.1 Å². The normalized spacial score (nSPS) is 52.3. The Labute approximate surface area is 398 Å². The van der Waals surface area contributed by atoms with E-state index < -0.39 is 128 Å². The van der Waals surface area contributed by atoms with E-state index in [9.17, 15) is 60.7 Å². The topological polar surface area (TPSA) is 301 Å². The maximum absolute atomic E-state index is 15.0. The minimum atomic E-state index is -1.82. The van der Waals surface area contributed by atoms with E-state index in [1.165, 1.54) is 12.5 Å². The van der Waals surface area contributed by atoms with Crippen molar-refractivity contribution in [2.24, 2.45) is 50.2 Å². The Kier molecular flexibility index (Phi) is 14.5. The number of ether oxygens (including phenoxy) is 7. The minimum absolute atomic E-state index is 0.0309. The van der Waals surface area contributed by atoms with Gasteiger partial charge in [0.05, 0.1) is 37.9 Å². The molecule has 8 rings (SSSR count). The molecule has 0 radical (unpaired) electrons. The van der Waals surface area contributed by atoms with E-state index in [-0.39, 0.29) is 52.6 Å². The number of aliphatic hydroxyl groups excluding tert-OH is 10. The third-order valence-electron chi connectivity index (χ3n) is 19.3. The molecule has 4 saturated carbocycles. The van der Waals surface area contributed by atoms with Crippen molar-refractivity contribution in [3.8, 4) is 0 Å². The number of hydrogen-bond donors (Lipinski definition) is 10. The van der Waals surface area contributed by atoms with Crippen LogP contribution >= 0.6 is 0 Å². The lowest BCUT2D eigenvalue weighted by Gasteiger charge is -2.71. The molecule has 19 heteroatoms. The summed E-state index contributed by atoms with van der Waals surface area (Å²) in [6.45, 7) is 13.3. The molecule has 5 aliphatic carbocycles. The number of aliphatic hydroxyl groups is 10. The molecule has 0 aromatic heterocycles. The third-order valence-corrected chi connectivity index (χ3v) is 19.3. The van der Waals surface area contributed by atoms with E-state index >= 15 is 0 Å². The summed E-state index contributed by atoms with van der Waals surface area (Å²) in [4.78, 5) is 26.6. The smallest absolute Gasteiger partial charge is 0.315 e. The Hall–Kier alpha value is -1.92. The molecule has 19 nitrogen and oxygen atoms in total. The largest absolute Gasteiger partial charge is 0.457 e. The second-order valence-corrected chi connectivity index (χ2v) is 23.5. The van der Waals surface area contributed by atoms with Gasteiger partial charge in [-0.2, -0.15) is 0 Å². The number of allylic oxidation sites excluding steroid dienone is 2. The van der Waals surface area contributed by atoms with Crippen LogP contribution in [0.4, 0.5) is 0 Å². The van der Waals surface area contributed by atoms with Gasteiger partial charge < -0.3 is 84.2 Å². The Morgan fingerprint density at radius 1 is 0.691 bits per heavy atom. The van der Waals surface area contributed by atoms with Gasteiger partial charge in [0.25, 0.3) is 0 Å². The average Bonchev–Trinajstić information content (AvgIpc) is 3.29. The van der Waals surface area contributed by atoms with Gasteiger partial charge in [-0.25, -0.2) is 0 Å². The van der Waals surface area contributed by atoms with Crippen molar-refractivity contribution in [2.75, 3.05) is 26.4 Å². The zero-order chi connectivity index (χ0) is 49.7. The molecule has 7 fully saturated rings. The zero-order valence-electron chi connectivity index (χ0n) is 40.5. The molecule has 388 valence electrons. The maximum atomic E-state index is 15.0. The molecule has 10 N–H and O–H groups in total. The average molecular weight is 971 g/mol. The minimum Gasteiger partial charge on any atom is -0.457 e. The molecule has 0 unspecified atom stereocenters. The number of fused-ring (bicyclic) bond motifs is 7. The first-order valence-corrected chi connectivity index (χ1v) is 24.8. The van der Waals surface area contributed by atoms with Crippen LogP contribution < -0.4 is 0 Å². The summed E-state index contributed by atoms with van der Waals surface area (Å²) < 4.78 is 40.6. The highest BCUT2D eigenvalue weighted by Crippen LogP contribution is 2.76. The number of carbonyl (C=O) groups is 2. The van der Waals surface area contributed by atoms with Crippen molar-refractivity contribution in [2.45, 2.75) is 205 Å². The molecule has 3 aliphatic heterocycles. The quantitative estimate of drug-likeness (QED) is 0.0801. The Bertz CT molecular complexity index is 1880. The molecular formula is C49H78O19. The highest BCUT2D eigenvalue weighted by atomic mass is 16.7. The first-order chi connectivity index (χ1) is 31.8. The van der Waals surface area contributed by atoms with Crippen LogP contribution in [0.2, 0.25) is 0 Å². The van der Waals surface area contributed by atoms with Gasteiger partial charge in [-0.15, -0.1) is 0 Å². The summed E-state index contributed by atoms with van der Waals surface area (Å²) in [5, 5.41) is 107. The van der Waals surface area contributed by atoms with Crippen molar-refractivity contribution in [1.82, 2.24) is 0 Å². The van der Waals surface area contributed by atoms with E-state index in [4.69, 9.17) is 33.2 Å². The summed E-state index contributed by atoms with van der Waals surface area (Å²) in [6.07, 6.45) is -12.6. The Morgan fingerprint density at radius 2 is 1.32 bits per heavy atom. The van der Waals surface area contributed by atoms with Crippen molar-refractivity contribution >= 4 is 11.9 Å².